The number of nitrogens with two attached hydrogens (primary N) is 1. The summed E-state index contributed by atoms with van der Waals surface area (Å²) in [6.45, 7) is 6.05. The first-order valence-electron chi connectivity index (χ1n) is 3.97. The van der Waals surface area contributed by atoms with Crippen molar-refractivity contribution in [1.29, 1.82) is 0 Å². The lowest BCUT2D eigenvalue weighted by Crippen LogP contribution is -1.95. The van der Waals surface area contributed by atoms with E-state index in [1.807, 2.05) is 32.9 Å². The number of anilines is 1. The van der Waals surface area contributed by atoms with E-state index in [0.717, 1.165) is 16.9 Å². The van der Waals surface area contributed by atoms with E-state index in [4.69, 9.17) is 5.73 Å². The molecule has 0 aliphatic carbocycles. The topological polar surface area (TPSA) is 38.9 Å². The van der Waals surface area contributed by atoms with Gasteiger partial charge in [0.15, 0.2) is 0 Å². The molecule has 0 atom stereocenters. The molecule has 2 nitrogen and oxygen atoms in total. The third kappa shape index (κ3) is 1.84. The van der Waals surface area contributed by atoms with Crippen LogP contribution < -0.4 is 5.73 Å². The Morgan fingerprint density at radius 2 is 2.17 bits per heavy atom. The Morgan fingerprint density at radius 3 is 2.75 bits per heavy atom. The second-order valence-corrected chi connectivity index (χ2v) is 3.15. The minimum Gasteiger partial charge on any atom is -0.397 e. The molecule has 0 fully saturated rings. The number of pyridine rings is 1. The van der Waals surface area contributed by atoms with Crippen molar-refractivity contribution in [3.63, 3.8) is 0 Å². The van der Waals surface area contributed by atoms with E-state index in [1.54, 1.807) is 6.20 Å². The maximum atomic E-state index is 5.82. The molecule has 1 rings (SSSR count). The van der Waals surface area contributed by atoms with Crippen LogP contribution in [0.1, 0.15) is 25.1 Å². The van der Waals surface area contributed by atoms with Crippen LogP contribution in [0.25, 0.3) is 6.08 Å². The summed E-state index contributed by atoms with van der Waals surface area (Å²) in [6.07, 6.45) is 3.77. The lowest BCUT2D eigenvalue weighted by atomic mass is 10.1. The summed E-state index contributed by atoms with van der Waals surface area (Å²) >= 11 is 0. The Balaban J connectivity index is 3.17. The van der Waals surface area contributed by atoms with Gasteiger partial charge in [0.2, 0.25) is 0 Å². The summed E-state index contributed by atoms with van der Waals surface area (Å²) in [4.78, 5) is 4.18. The van der Waals surface area contributed by atoms with Crippen LogP contribution in [0.2, 0.25) is 0 Å². The molecule has 0 aromatic carbocycles. The van der Waals surface area contributed by atoms with Crippen molar-refractivity contribution in [2.75, 3.05) is 5.73 Å². The number of allylic oxidation sites excluding steroid dienone is 1. The molecule has 1 aromatic heterocycles. The molecule has 0 saturated carbocycles. The highest BCUT2D eigenvalue weighted by Gasteiger charge is 1.98. The molecule has 1 aromatic rings. The summed E-state index contributed by atoms with van der Waals surface area (Å²) in [6, 6.07) is 1.91. The van der Waals surface area contributed by atoms with Crippen molar-refractivity contribution >= 4 is 11.8 Å². The van der Waals surface area contributed by atoms with Gasteiger partial charge >= 0.3 is 0 Å². The molecule has 0 aliphatic heterocycles. The molecule has 0 aliphatic rings. The van der Waals surface area contributed by atoms with E-state index in [-0.39, 0.29) is 0 Å². The summed E-state index contributed by atoms with van der Waals surface area (Å²) in [5, 5.41) is 0. The zero-order valence-corrected chi connectivity index (χ0v) is 7.76. The highest BCUT2D eigenvalue weighted by atomic mass is 14.7. The predicted molar refractivity (Wildman–Crippen MR) is 52.7 cm³/mol. The fourth-order valence-electron chi connectivity index (χ4n) is 0.979. The monoisotopic (exact) mass is 162 g/mol. The van der Waals surface area contributed by atoms with Gasteiger partial charge in [0.05, 0.1) is 11.4 Å². The zero-order valence-electron chi connectivity index (χ0n) is 7.76. The lowest BCUT2D eigenvalue weighted by Gasteiger charge is -2.02. The quantitative estimate of drug-likeness (QED) is 0.688. The number of aryl methyl sites for hydroxylation is 1. The minimum atomic E-state index is 0.777. The van der Waals surface area contributed by atoms with E-state index in [0.29, 0.717) is 0 Å². The maximum absolute atomic E-state index is 5.82. The number of rotatable bonds is 1. The van der Waals surface area contributed by atoms with Gasteiger partial charge in [0.1, 0.15) is 0 Å². The smallest absolute Gasteiger partial charge is 0.0860 e. The van der Waals surface area contributed by atoms with Crippen molar-refractivity contribution < 1.29 is 0 Å². The van der Waals surface area contributed by atoms with Crippen LogP contribution in [-0.4, -0.2) is 4.98 Å². The average molecular weight is 162 g/mol. The molecular formula is C10H14N2. The molecule has 64 valence electrons. The third-order valence-electron chi connectivity index (χ3n) is 1.66. The number of nitrogens with zero attached hydrogens (tertiary/aromatic N) is 1. The zero-order chi connectivity index (χ0) is 9.14. The van der Waals surface area contributed by atoms with Gasteiger partial charge in [0, 0.05) is 6.20 Å². The summed E-state index contributed by atoms with van der Waals surface area (Å²) in [7, 11) is 0. The molecule has 0 spiro atoms. The highest BCUT2D eigenvalue weighted by Crippen LogP contribution is 2.16. The van der Waals surface area contributed by atoms with Crippen molar-refractivity contribution in [1.82, 2.24) is 4.98 Å². The molecule has 1 heterocycles. The molecule has 2 heteroatoms. The molecule has 0 bridgehead atoms. The van der Waals surface area contributed by atoms with E-state index in [1.165, 1.54) is 5.57 Å². The van der Waals surface area contributed by atoms with Gasteiger partial charge in [0.25, 0.3) is 0 Å². The van der Waals surface area contributed by atoms with E-state index < -0.39 is 0 Å². The summed E-state index contributed by atoms with van der Waals surface area (Å²) in [5.41, 5.74) is 9.76. The Labute approximate surface area is 73.1 Å². The van der Waals surface area contributed by atoms with Crippen molar-refractivity contribution in [2.24, 2.45) is 0 Å². The standard InChI is InChI=1S/C10H14N2/c1-7(2)6-9-10(11)8(3)4-5-12-9/h4-6H,11H2,1-3H3. The number of hydrogen-bond acceptors (Lipinski definition) is 2. The van der Waals surface area contributed by atoms with Crippen LogP contribution in [0, 0.1) is 6.92 Å². The second kappa shape index (κ2) is 3.39. The highest BCUT2D eigenvalue weighted by molar-refractivity contribution is 5.64. The molecule has 0 radical (unpaired) electrons. The van der Waals surface area contributed by atoms with Gasteiger partial charge < -0.3 is 5.73 Å². The molecule has 2 N–H and O–H groups in total. The first kappa shape index (κ1) is 8.78. The minimum absolute atomic E-state index is 0.777. The van der Waals surface area contributed by atoms with Gasteiger partial charge in [-0.05, 0) is 38.5 Å². The van der Waals surface area contributed by atoms with Crippen molar-refractivity contribution in [3.8, 4) is 0 Å². The second-order valence-electron chi connectivity index (χ2n) is 3.15. The van der Waals surface area contributed by atoms with Crippen LogP contribution in [0.4, 0.5) is 5.69 Å². The largest absolute Gasteiger partial charge is 0.397 e. The van der Waals surface area contributed by atoms with Crippen molar-refractivity contribution in [3.05, 3.63) is 29.1 Å². The van der Waals surface area contributed by atoms with Gasteiger partial charge in [-0.25, -0.2) is 0 Å². The SMILES string of the molecule is CC(C)=Cc1nccc(C)c1N. The van der Waals surface area contributed by atoms with Gasteiger partial charge in [-0.15, -0.1) is 0 Å². The van der Waals surface area contributed by atoms with E-state index in [2.05, 4.69) is 4.98 Å². The van der Waals surface area contributed by atoms with Crippen LogP contribution in [0.5, 0.6) is 0 Å². The fraction of sp³-hybridized carbons (Fsp3) is 0.300. The van der Waals surface area contributed by atoms with E-state index >= 15 is 0 Å². The van der Waals surface area contributed by atoms with Gasteiger partial charge in [-0.3, -0.25) is 4.98 Å². The Morgan fingerprint density at radius 1 is 1.50 bits per heavy atom. The van der Waals surface area contributed by atoms with Gasteiger partial charge in [-0.1, -0.05) is 5.57 Å². The van der Waals surface area contributed by atoms with Gasteiger partial charge in [-0.2, -0.15) is 0 Å². The third-order valence-corrected chi connectivity index (χ3v) is 1.66. The lowest BCUT2D eigenvalue weighted by molar-refractivity contribution is 1.25. The normalized spacial score (nSPS) is 9.58. The molecule has 0 amide bonds. The maximum Gasteiger partial charge on any atom is 0.0860 e. The average Bonchev–Trinajstić information content (AvgIpc) is 1.98. The van der Waals surface area contributed by atoms with Crippen LogP contribution in [0.3, 0.4) is 0 Å². The Kier molecular flexibility index (Phi) is 2.48. The van der Waals surface area contributed by atoms with Crippen molar-refractivity contribution in [2.45, 2.75) is 20.8 Å². The number of hydrogen-bond donors (Lipinski definition) is 1. The van der Waals surface area contributed by atoms with Crippen LogP contribution in [0.15, 0.2) is 17.8 Å². The van der Waals surface area contributed by atoms with Crippen LogP contribution in [-0.2, 0) is 0 Å². The Bertz CT molecular complexity index is 310. The van der Waals surface area contributed by atoms with Crippen LogP contribution >= 0.6 is 0 Å². The number of nitrogen functional groups attached to an aromatic ring is 1. The summed E-state index contributed by atoms with van der Waals surface area (Å²) in [5.74, 6) is 0. The predicted octanol–water partition coefficient (Wildman–Crippen LogP) is 2.40. The molecule has 0 unspecified atom stereocenters. The summed E-state index contributed by atoms with van der Waals surface area (Å²) < 4.78 is 0. The first-order chi connectivity index (χ1) is 5.61. The Hall–Kier alpha value is -1.31. The molecule has 0 saturated heterocycles. The fourth-order valence-corrected chi connectivity index (χ4v) is 0.979. The van der Waals surface area contributed by atoms with E-state index in [9.17, 15) is 0 Å². The number of aromatic nitrogens is 1. The molecular weight excluding hydrogens is 148 g/mol. The first-order valence-corrected chi connectivity index (χ1v) is 3.97. The molecule has 12 heavy (non-hydrogen) atoms.